The Morgan fingerprint density at radius 1 is 1.17 bits per heavy atom. The molecule has 18 heavy (non-hydrogen) atoms. The molecule has 2 N–H and O–H groups in total. The summed E-state index contributed by atoms with van der Waals surface area (Å²) in [5, 5.41) is 0. The molecule has 0 unspecified atom stereocenters. The predicted molar refractivity (Wildman–Crippen MR) is 70.9 cm³/mol. The van der Waals surface area contributed by atoms with E-state index in [0.717, 1.165) is 35.4 Å². The van der Waals surface area contributed by atoms with Crippen LogP contribution >= 0.6 is 0 Å². The quantitative estimate of drug-likeness (QED) is 0.870. The molecule has 0 atom stereocenters. The van der Waals surface area contributed by atoms with E-state index < -0.39 is 0 Å². The van der Waals surface area contributed by atoms with Gasteiger partial charge in [-0.2, -0.15) is 0 Å². The first-order valence-electron chi connectivity index (χ1n) is 7.49. The third-order valence-electron chi connectivity index (χ3n) is 5.67. The minimum absolute atomic E-state index is 0.571. The summed E-state index contributed by atoms with van der Waals surface area (Å²) in [4.78, 5) is 4.60. The molecule has 0 amide bonds. The molecule has 1 heterocycles. The molecule has 0 radical (unpaired) electrons. The normalized spacial score (nSPS) is 41.6. The number of nitrogens with two attached hydrogens (primary N) is 1. The second-order valence-corrected chi connectivity index (χ2v) is 6.81. The smallest absolute Gasteiger partial charge is 0.106 e. The minimum Gasteiger partial charge on any atom is -0.331 e. The van der Waals surface area contributed by atoms with Gasteiger partial charge in [0.15, 0.2) is 0 Å². The van der Waals surface area contributed by atoms with E-state index in [2.05, 4.69) is 22.7 Å². The fourth-order valence-corrected chi connectivity index (χ4v) is 5.30. The summed E-state index contributed by atoms with van der Waals surface area (Å²) in [5.41, 5.74) is 6.79. The van der Waals surface area contributed by atoms with Crippen molar-refractivity contribution in [3.8, 4) is 0 Å². The van der Waals surface area contributed by atoms with Gasteiger partial charge in [-0.15, -0.1) is 0 Å². The van der Waals surface area contributed by atoms with Crippen LogP contribution in [0.3, 0.4) is 0 Å². The topological polar surface area (TPSA) is 43.8 Å². The molecular weight excluding hydrogens is 222 g/mol. The molecule has 3 heteroatoms. The highest BCUT2D eigenvalue weighted by Crippen LogP contribution is 2.58. The minimum atomic E-state index is 0.571. The first-order chi connectivity index (χ1) is 8.74. The Morgan fingerprint density at radius 2 is 1.78 bits per heavy atom. The molecule has 0 aromatic carbocycles. The molecule has 0 saturated heterocycles. The van der Waals surface area contributed by atoms with E-state index in [1.54, 1.807) is 0 Å². The van der Waals surface area contributed by atoms with Gasteiger partial charge in [0.1, 0.15) is 5.82 Å². The SMILES string of the molecule is Cc1nc(CN)cn1C1C2CC3CC(C2)CC1C3. The first kappa shape index (κ1) is 11.0. The van der Waals surface area contributed by atoms with Crippen molar-refractivity contribution >= 4 is 0 Å². The van der Waals surface area contributed by atoms with E-state index in [1.165, 1.54) is 37.9 Å². The van der Waals surface area contributed by atoms with Crippen LogP contribution in [-0.4, -0.2) is 9.55 Å². The molecule has 3 nitrogen and oxygen atoms in total. The highest BCUT2D eigenvalue weighted by Gasteiger charge is 2.49. The van der Waals surface area contributed by atoms with Crippen LogP contribution in [0.5, 0.6) is 0 Å². The summed E-state index contributed by atoms with van der Waals surface area (Å²) in [6.07, 6.45) is 9.61. The number of hydrogen-bond donors (Lipinski definition) is 1. The molecule has 5 rings (SSSR count). The lowest BCUT2D eigenvalue weighted by atomic mass is 9.54. The van der Waals surface area contributed by atoms with Gasteiger partial charge in [-0.3, -0.25) is 0 Å². The maximum atomic E-state index is 5.73. The van der Waals surface area contributed by atoms with E-state index in [9.17, 15) is 0 Å². The third-order valence-corrected chi connectivity index (χ3v) is 5.67. The lowest BCUT2D eigenvalue weighted by Crippen LogP contribution is -2.46. The van der Waals surface area contributed by atoms with E-state index in [-0.39, 0.29) is 0 Å². The summed E-state index contributed by atoms with van der Waals surface area (Å²) in [7, 11) is 0. The summed E-state index contributed by atoms with van der Waals surface area (Å²) >= 11 is 0. The number of aromatic nitrogens is 2. The molecule has 4 bridgehead atoms. The van der Waals surface area contributed by atoms with Crippen LogP contribution in [0, 0.1) is 30.6 Å². The van der Waals surface area contributed by atoms with Crippen molar-refractivity contribution in [3.05, 3.63) is 17.7 Å². The van der Waals surface area contributed by atoms with Crippen molar-refractivity contribution in [2.45, 2.75) is 51.6 Å². The van der Waals surface area contributed by atoms with Gasteiger partial charge in [0.05, 0.1) is 5.69 Å². The highest BCUT2D eigenvalue weighted by molar-refractivity contribution is 5.09. The van der Waals surface area contributed by atoms with Crippen LogP contribution in [0.4, 0.5) is 0 Å². The van der Waals surface area contributed by atoms with Gasteiger partial charge >= 0.3 is 0 Å². The van der Waals surface area contributed by atoms with Crippen LogP contribution in [0.1, 0.15) is 49.7 Å². The fraction of sp³-hybridized carbons (Fsp3) is 0.800. The Hall–Kier alpha value is -0.830. The van der Waals surface area contributed by atoms with Crippen molar-refractivity contribution in [3.63, 3.8) is 0 Å². The van der Waals surface area contributed by atoms with Gasteiger partial charge in [0, 0.05) is 18.8 Å². The van der Waals surface area contributed by atoms with Crippen molar-refractivity contribution in [2.75, 3.05) is 0 Å². The van der Waals surface area contributed by atoms with Crippen LogP contribution in [0.2, 0.25) is 0 Å². The maximum Gasteiger partial charge on any atom is 0.106 e. The van der Waals surface area contributed by atoms with Crippen LogP contribution in [0.15, 0.2) is 6.20 Å². The lowest BCUT2D eigenvalue weighted by molar-refractivity contribution is -0.0298. The van der Waals surface area contributed by atoms with E-state index in [0.29, 0.717) is 6.54 Å². The number of rotatable bonds is 2. The molecule has 1 aromatic rings. The zero-order chi connectivity index (χ0) is 12.3. The van der Waals surface area contributed by atoms with Gasteiger partial charge in [0.2, 0.25) is 0 Å². The van der Waals surface area contributed by atoms with Crippen LogP contribution in [-0.2, 0) is 6.54 Å². The molecule has 0 aliphatic heterocycles. The molecule has 98 valence electrons. The zero-order valence-electron chi connectivity index (χ0n) is 11.2. The summed E-state index contributed by atoms with van der Waals surface area (Å²) in [6, 6.07) is 0.727. The van der Waals surface area contributed by atoms with E-state index in [1.807, 2.05) is 0 Å². The van der Waals surface area contributed by atoms with Crippen molar-refractivity contribution in [2.24, 2.45) is 29.4 Å². The second-order valence-electron chi connectivity index (χ2n) is 6.81. The van der Waals surface area contributed by atoms with Gasteiger partial charge in [-0.1, -0.05) is 0 Å². The standard InChI is InChI=1S/C15H23N3/c1-9-17-14(7-16)8-18(9)15-12-3-10-2-11(5-12)6-13(15)4-10/h8,10-13,15H,2-7,16H2,1H3. The Morgan fingerprint density at radius 3 is 2.28 bits per heavy atom. The fourth-order valence-electron chi connectivity index (χ4n) is 5.30. The molecule has 0 spiro atoms. The van der Waals surface area contributed by atoms with Gasteiger partial charge in [0.25, 0.3) is 0 Å². The van der Waals surface area contributed by atoms with E-state index >= 15 is 0 Å². The largest absolute Gasteiger partial charge is 0.331 e. The number of nitrogens with zero attached hydrogens (tertiary/aromatic N) is 2. The Kier molecular flexibility index (Phi) is 2.35. The predicted octanol–water partition coefficient (Wildman–Crippen LogP) is 2.65. The van der Waals surface area contributed by atoms with Gasteiger partial charge in [-0.05, 0) is 62.7 Å². The summed E-state index contributed by atoms with van der Waals surface area (Å²) in [6.45, 7) is 2.71. The van der Waals surface area contributed by atoms with Gasteiger partial charge < -0.3 is 10.3 Å². The van der Waals surface area contributed by atoms with Crippen LogP contribution < -0.4 is 5.73 Å². The maximum absolute atomic E-state index is 5.73. The summed E-state index contributed by atoms with van der Waals surface area (Å²) in [5.74, 6) is 5.09. The molecule has 4 saturated carbocycles. The Labute approximate surface area is 109 Å². The average molecular weight is 245 g/mol. The molecule has 4 aliphatic carbocycles. The van der Waals surface area contributed by atoms with E-state index in [4.69, 9.17) is 5.73 Å². The monoisotopic (exact) mass is 245 g/mol. The third kappa shape index (κ3) is 1.49. The molecule has 4 fully saturated rings. The highest BCUT2D eigenvalue weighted by atomic mass is 15.1. The average Bonchev–Trinajstić information content (AvgIpc) is 2.69. The molecule has 4 aliphatic rings. The first-order valence-corrected chi connectivity index (χ1v) is 7.49. The van der Waals surface area contributed by atoms with Gasteiger partial charge in [-0.25, -0.2) is 4.98 Å². The number of aryl methyl sites for hydroxylation is 1. The molecule has 1 aromatic heterocycles. The Bertz CT molecular complexity index is 434. The number of hydrogen-bond acceptors (Lipinski definition) is 2. The zero-order valence-corrected chi connectivity index (χ0v) is 11.2. The van der Waals surface area contributed by atoms with Crippen molar-refractivity contribution in [1.82, 2.24) is 9.55 Å². The number of imidazole rings is 1. The van der Waals surface area contributed by atoms with Crippen molar-refractivity contribution in [1.29, 1.82) is 0 Å². The Balaban J connectivity index is 1.69. The molecular formula is C15H23N3. The lowest BCUT2D eigenvalue weighted by Gasteiger charge is -2.54. The van der Waals surface area contributed by atoms with Crippen molar-refractivity contribution < 1.29 is 0 Å². The summed E-state index contributed by atoms with van der Waals surface area (Å²) < 4.78 is 2.47. The van der Waals surface area contributed by atoms with Crippen LogP contribution in [0.25, 0.3) is 0 Å². The second kappa shape index (κ2) is 3.83.